The first kappa shape index (κ1) is 25.2. The molecule has 3 heterocycles. The Morgan fingerprint density at radius 1 is 0.895 bits per heavy atom. The van der Waals surface area contributed by atoms with Crippen molar-refractivity contribution in [1.29, 1.82) is 0 Å². The van der Waals surface area contributed by atoms with Crippen LogP contribution in [-0.4, -0.2) is 78.3 Å². The van der Waals surface area contributed by atoms with Gasteiger partial charge in [0.25, 0.3) is 5.91 Å². The number of ether oxygens (including phenoxy) is 3. The molecule has 2 aromatic carbocycles. The van der Waals surface area contributed by atoms with Crippen LogP contribution in [0.3, 0.4) is 0 Å². The predicted molar refractivity (Wildman–Crippen MR) is 145 cm³/mol. The van der Waals surface area contributed by atoms with Crippen molar-refractivity contribution in [2.75, 3.05) is 52.4 Å². The highest BCUT2D eigenvalue weighted by molar-refractivity contribution is 5.93. The molecule has 1 aliphatic rings. The Kier molecular flexibility index (Phi) is 6.95. The zero-order chi connectivity index (χ0) is 26.8. The summed E-state index contributed by atoms with van der Waals surface area (Å²) in [5, 5.41) is 12.1. The van der Waals surface area contributed by atoms with Gasteiger partial charge in [0.05, 0.1) is 49.8 Å². The van der Waals surface area contributed by atoms with E-state index < -0.39 is 0 Å². The normalized spacial score (nSPS) is 13.5. The average molecular weight is 517 g/mol. The molecule has 0 atom stereocenters. The number of methoxy groups -OCH3 is 3. The molecule has 1 saturated heterocycles. The van der Waals surface area contributed by atoms with Crippen LogP contribution in [0, 0.1) is 13.8 Å². The van der Waals surface area contributed by atoms with E-state index in [1.807, 2.05) is 46.8 Å². The summed E-state index contributed by atoms with van der Waals surface area (Å²) in [6, 6.07) is 15.5. The molecule has 10 nitrogen and oxygen atoms in total. The fourth-order valence-electron chi connectivity index (χ4n) is 5.02. The van der Waals surface area contributed by atoms with Crippen molar-refractivity contribution in [3.8, 4) is 34.2 Å². The van der Waals surface area contributed by atoms with Gasteiger partial charge in [-0.15, -0.1) is 0 Å². The minimum atomic E-state index is -0.0794. The van der Waals surface area contributed by atoms with E-state index in [0.29, 0.717) is 41.7 Å². The lowest BCUT2D eigenvalue weighted by Crippen LogP contribution is -2.49. The molecular formula is C28H32N6O4. The van der Waals surface area contributed by atoms with Crippen molar-refractivity contribution in [3.63, 3.8) is 0 Å². The number of nitrogens with zero attached hydrogens (tertiary/aromatic N) is 5. The second-order valence-corrected chi connectivity index (χ2v) is 9.13. The largest absolute Gasteiger partial charge is 0.493 e. The highest BCUT2D eigenvalue weighted by atomic mass is 16.5. The number of carbonyl (C=O) groups excluding carboxylic acids is 1. The van der Waals surface area contributed by atoms with Gasteiger partial charge >= 0.3 is 0 Å². The molecule has 1 fully saturated rings. The van der Waals surface area contributed by atoms with E-state index in [0.717, 1.165) is 41.4 Å². The quantitative estimate of drug-likeness (QED) is 0.398. The molecule has 0 radical (unpaired) electrons. The number of para-hydroxylation sites is 1. The molecule has 198 valence electrons. The van der Waals surface area contributed by atoms with Crippen LogP contribution in [0.2, 0.25) is 0 Å². The molecular weight excluding hydrogens is 484 g/mol. The minimum absolute atomic E-state index is 0.0794. The van der Waals surface area contributed by atoms with Crippen molar-refractivity contribution in [2.45, 2.75) is 13.8 Å². The first-order valence-corrected chi connectivity index (χ1v) is 12.5. The lowest BCUT2D eigenvalue weighted by Gasteiger charge is -2.36. The summed E-state index contributed by atoms with van der Waals surface area (Å²) in [6.07, 6.45) is 0. The standard InChI is InChI=1S/C28H32N6O4/c1-18-26(19(2)34(31-18)21-9-7-6-8-10-21)32-11-13-33(14-12-32)28(35)23-17-22(29-30-23)20-15-24(36-3)27(38-5)25(16-20)37-4/h6-10,15-17H,11-14H2,1-5H3,(H,29,30). The van der Waals surface area contributed by atoms with Crippen LogP contribution in [0.1, 0.15) is 21.9 Å². The molecule has 4 aromatic rings. The molecule has 0 bridgehead atoms. The van der Waals surface area contributed by atoms with E-state index in [2.05, 4.69) is 34.2 Å². The van der Waals surface area contributed by atoms with Crippen LogP contribution in [-0.2, 0) is 0 Å². The Balaban J connectivity index is 1.30. The maximum absolute atomic E-state index is 13.3. The van der Waals surface area contributed by atoms with Gasteiger partial charge in [0.15, 0.2) is 11.5 Å². The number of hydrogen-bond acceptors (Lipinski definition) is 7. The summed E-state index contributed by atoms with van der Waals surface area (Å²) >= 11 is 0. The van der Waals surface area contributed by atoms with Crippen LogP contribution >= 0.6 is 0 Å². The summed E-state index contributed by atoms with van der Waals surface area (Å²) in [4.78, 5) is 17.5. The van der Waals surface area contributed by atoms with Crippen LogP contribution in [0.15, 0.2) is 48.5 Å². The fourth-order valence-corrected chi connectivity index (χ4v) is 5.02. The van der Waals surface area contributed by atoms with Gasteiger partial charge in [-0.05, 0) is 44.2 Å². The van der Waals surface area contributed by atoms with Crippen LogP contribution in [0.25, 0.3) is 16.9 Å². The predicted octanol–water partition coefficient (Wildman–Crippen LogP) is 3.87. The van der Waals surface area contributed by atoms with Gasteiger partial charge < -0.3 is 24.0 Å². The zero-order valence-electron chi connectivity index (χ0n) is 22.3. The van der Waals surface area contributed by atoms with Crippen LogP contribution in [0.4, 0.5) is 5.69 Å². The highest BCUT2D eigenvalue weighted by Crippen LogP contribution is 2.41. The Morgan fingerprint density at radius 2 is 1.55 bits per heavy atom. The Labute approximate surface area is 221 Å². The van der Waals surface area contributed by atoms with Gasteiger partial charge in [0.1, 0.15) is 5.69 Å². The highest BCUT2D eigenvalue weighted by Gasteiger charge is 2.27. The van der Waals surface area contributed by atoms with Gasteiger partial charge in [-0.1, -0.05) is 18.2 Å². The molecule has 0 aliphatic carbocycles. The average Bonchev–Trinajstić information content (AvgIpc) is 3.57. The molecule has 0 saturated carbocycles. The summed E-state index contributed by atoms with van der Waals surface area (Å²) in [5.41, 5.74) is 6.05. The number of rotatable bonds is 7. The Morgan fingerprint density at radius 3 is 2.16 bits per heavy atom. The minimum Gasteiger partial charge on any atom is -0.493 e. The Bertz CT molecular complexity index is 1410. The molecule has 38 heavy (non-hydrogen) atoms. The topological polar surface area (TPSA) is 97.7 Å². The number of aromatic nitrogens is 4. The molecule has 1 amide bonds. The van der Waals surface area contributed by atoms with Crippen molar-refractivity contribution in [2.24, 2.45) is 0 Å². The van der Waals surface area contributed by atoms with Crippen molar-refractivity contribution in [1.82, 2.24) is 24.9 Å². The first-order chi connectivity index (χ1) is 18.4. The summed E-state index contributed by atoms with van der Waals surface area (Å²) in [7, 11) is 4.69. The third-order valence-corrected chi connectivity index (χ3v) is 6.91. The van der Waals surface area contributed by atoms with E-state index in [-0.39, 0.29) is 5.91 Å². The number of aryl methyl sites for hydroxylation is 1. The number of nitrogens with one attached hydrogen (secondary N) is 1. The second kappa shape index (κ2) is 10.5. The number of carbonyl (C=O) groups is 1. The van der Waals surface area contributed by atoms with Crippen molar-refractivity contribution >= 4 is 11.6 Å². The van der Waals surface area contributed by atoms with E-state index >= 15 is 0 Å². The lowest BCUT2D eigenvalue weighted by molar-refractivity contribution is 0.0741. The van der Waals surface area contributed by atoms with Gasteiger partial charge in [-0.2, -0.15) is 10.2 Å². The monoisotopic (exact) mass is 516 g/mol. The lowest BCUT2D eigenvalue weighted by atomic mass is 10.1. The van der Waals surface area contributed by atoms with E-state index in [9.17, 15) is 4.79 Å². The number of amides is 1. The summed E-state index contributed by atoms with van der Waals surface area (Å²) in [6.45, 7) is 6.78. The number of benzene rings is 2. The van der Waals surface area contributed by atoms with Gasteiger partial charge in [-0.3, -0.25) is 9.89 Å². The van der Waals surface area contributed by atoms with Crippen molar-refractivity contribution < 1.29 is 19.0 Å². The molecule has 0 spiro atoms. The maximum atomic E-state index is 13.3. The molecule has 10 heteroatoms. The molecule has 1 aliphatic heterocycles. The maximum Gasteiger partial charge on any atom is 0.272 e. The molecule has 0 unspecified atom stereocenters. The molecule has 5 rings (SSSR count). The summed E-state index contributed by atoms with van der Waals surface area (Å²) < 4.78 is 18.3. The number of hydrogen-bond donors (Lipinski definition) is 1. The number of piperazine rings is 1. The Hall–Kier alpha value is -4.47. The van der Waals surface area contributed by atoms with E-state index in [1.165, 1.54) is 0 Å². The van der Waals surface area contributed by atoms with E-state index in [4.69, 9.17) is 19.3 Å². The smallest absolute Gasteiger partial charge is 0.272 e. The van der Waals surface area contributed by atoms with Crippen LogP contribution < -0.4 is 19.1 Å². The number of anilines is 1. The van der Waals surface area contributed by atoms with Crippen LogP contribution in [0.5, 0.6) is 17.2 Å². The SMILES string of the molecule is COc1cc(-c2cc(C(=O)N3CCN(c4c(C)nn(-c5ccccc5)c4C)CC3)[nH]n2)cc(OC)c1OC. The number of H-pyrrole nitrogens is 1. The zero-order valence-corrected chi connectivity index (χ0v) is 22.3. The third-order valence-electron chi connectivity index (χ3n) is 6.91. The first-order valence-electron chi connectivity index (χ1n) is 12.5. The third kappa shape index (κ3) is 4.53. The number of aromatic amines is 1. The van der Waals surface area contributed by atoms with Crippen molar-refractivity contribution in [3.05, 3.63) is 65.6 Å². The van der Waals surface area contributed by atoms with E-state index in [1.54, 1.807) is 27.4 Å². The second-order valence-electron chi connectivity index (χ2n) is 9.13. The fraction of sp³-hybridized carbons (Fsp3) is 0.321. The molecule has 2 aromatic heterocycles. The van der Waals surface area contributed by atoms with Gasteiger partial charge in [-0.25, -0.2) is 4.68 Å². The van der Waals surface area contributed by atoms with Gasteiger partial charge in [0, 0.05) is 31.7 Å². The van der Waals surface area contributed by atoms with Gasteiger partial charge in [0.2, 0.25) is 5.75 Å². The molecule has 1 N–H and O–H groups in total. The summed E-state index contributed by atoms with van der Waals surface area (Å²) in [5.74, 6) is 1.47.